The maximum absolute atomic E-state index is 11.6. The minimum atomic E-state index is -0.745. The second kappa shape index (κ2) is 9.16. The van der Waals surface area contributed by atoms with Gasteiger partial charge in [-0.1, -0.05) is 45.0 Å². The zero-order chi connectivity index (χ0) is 21.8. The number of amides is 1. The highest BCUT2D eigenvalue weighted by Gasteiger charge is 2.26. The number of aliphatic carboxylic acids is 1. The van der Waals surface area contributed by atoms with E-state index in [1.165, 1.54) is 5.56 Å². The van der Waals surface area contributed by atoms with Crippen LogP contribution in [0.4, 0.5) is 0 Å². The van der Waals surface area contributed by atoms with Gasteiger partial charge in [-0.05, 0) is 50.0 Å². The fraction of sp³-hybridized carbons (Fsp3) is 0.478. The summed E-state index contributed by atoms with van der Waals surface area (Å²) in [5, 5.41) is 8.98. The second-order valence-corrected chi connectivity index (χ2v) is 8.19. The standard InChI is InChI=1S/C23H31N3O3/c1-6-23(5,12-11-14(2)13-19(27)28)18-9-7-17(8-10-18)20-15(3)25-16(4)21(26-20)22(24)29/h7-10,14H,6,11-13H2,1-5H3,(H2,24,29)(H,27,28). The Kier molecular flexibility index (Phi) is 7.11. The molecule has 0 aliphatic heterocycles. The minimum absolute atomic E-state index is 0.0301. The first-order chi connectivity index (χ1) is 13.6. The summed E-state index contributed by atoms with van der Waals surface area (Å²) in [7, 11) is 0. The Bertz CT molecular complexity index is 893. The van der Waals surface area contributed by atoms with Crippen LogP contribution in [0.25, 0.3) is 11.3 Å². The minimum Gasteiger partial charge on any atom is -0.481 e. The molecule has 0 spiro atoms. The van der Waals surface area contributed by atoms with E-state index in [2.05, 4.69) is 35.9 Å². The molecular weight excluding hydrogens is 366 g/mol. The smallest absolute Gasteiger partial charge is 0.303 e. The molecule has 0 saturated heterocycles. The molecule has 6 nitrogen and oxygen atoms in total. The van der Waals surface area contributed by atoms with Gasteiger partial charge >= 0.3 is 5.97 Å². The van der Waals surface area contributed by atoms with Gasteiger partial charge in [-0.15, -0.1) is 0 Å². The lowest BCUT2D eigenvalue weighted by Crippen LogP contribution is -2.22. The van der Waals surface area contributed by atoms with E-state index in [1.54, 1.807) is 6.92 Å². The lowest BCUT2D eigenvalue weighted by molar-refractivity contribution is -0.138. The molecule has 0 saturated carbocycles. The maximum atomic E-state index is 11.6. The van der Waals surface area contributed by atoms with Crippen LogP contribution in [0.3, 0.4) is 0 Å². The van der Waals surface area contributed by atoms with Crippen molar-refractivity contribution >= 4 is 11.9 Å². The van der Waals surface area contributed by atoms with Gasteiger partial charge in [0.05, 0.1) is 17.1 Å². The van der Waals surface area contributed by atoms with Crippen LogP contribution in [-0.2, 0) is 10.2 Å². The molecule has 2 unspecified atom stereocenters. The number of benzene rings is 1. The molecule has 0 aliphatic rings. The Hall–Kier alpha value is -2.76. The van der Waals surface area contributed by atoms with E-state index in [4.69, 9.17) is 10.8 Å². The first-order valence-corrected chi connectivity index (χ1v) is 10.0. The number of carboxylic acids is 1. The van der Waals surface area contributed by atoms with Crippen LogP contribution in [0.5, 0.6) is 0 Å². The number of hydrogen-bond acceptors (Lipinski definition) is 4. The van der Waals surface area contributed by atoms with E-state index in [0.29, 0.717) is 11.4 Å². The largest absolute Gasteiger partial charge is 0.481 e. The number of carbonyl (C=O) groups is 2. The average Bonchev–Trinajstić information content (AvgIpc) is 2.65. The van der Waals surface area contributed by atoms with Crippen LogP contribution in [0.1, 0.15) is 73.9 Å². The number of rotatable bonds is 9. The summed E-state index contributed by atoms with van der Waals surface area (Å²) in [6.45, 7) is 9.96. The molecular formula is C23H31N3O3. The lowest BCUT2D eigenvalue weighted by Gasteiger charge is -2.30. The van der Waals surface area contributed by atoms with Gasteiger partial charge in [0.15, 0.2) is 0 Å². The zero-order valence-electron chi connectivity index (χ0n) is 18.0. The van der Waals surface area contributed by atoms with Crippen LogP contribution < -0.4 is 5.73 Å². The molecule has 1 amide bonds. The highest BCUT2D eigenvalue weighted by molar-refractivity contribution is 5.92. The topological polar surface area (TPSA) is 106 Å². The molecule has 6 heteroatoms. The number of carbonyl (C=O) groups excluding carboxylic acids is 1. The molecule has 0 aliphatic carbocycles. The zero-order valence-corrected chi connectivity index (χ0v) is 18.0. The quantitative estimate of drug-likeness (QED) is 0.651. The molecule has 0 fully saturated rings. The highest BCUT2D eigenvalue weighted by Crippen LogP contribution is 2.35. The predicted molar refractivity (Wildman–Crippen MR) is 114 cm³/mol. The molecule has 0 radical (unpaired) electrons. The van der Waals surface area contributed by atoms with Gasteiger partial charge in [-0.3, -0.25) is 14.6 Å². The van der Waals surface area contributed by atoms with Gasteiger partial charge in [0.25, 0.3) is 5.91 Å². The Balaban J connectivity index is 2.27. The van der Waals surface area contributed by atoms with Crippen LogP contribution in [0.15, 0.2) is 24.3 Å². The van der Waals surface area contributed by atoms with Crippen molar-refractivity contribution in [2.45, 2.75) is 65.7 Å². The summed E-state index contributed by atoms with van der Waals surface area (Å²) in [5.74, 6) is -1.18. The molecule has 156 valence electrons. The highest BCUT2D eigenvalue weighted by atomic mass is 16.4. The monoisotopic (exact) mass is 397 g/mol. The number of hydrogen-bond donors (Lipinski definition) is 2. The van der Waals surface area contributed by atoms with E-state index in [-0.39, 0.29) is 23.4 Å². The molecule has 2 atom stereocenters. The Labute approximate surface area is 172 Å². The Morgan fingerprint density at radius 1 is 1.14 bits per heavy atom. The van der Waals surface area contributed by atoms with Crippen LogP contribution in [0, 0.1) is 19.8 Å². The summed E-state index contributed by atoms with van der Waals surface area (Å²) in [6.07, 6.45) is 2.95. The van der Waals surface area contributed by atoms with E-state index in [9.17, 15) is 9.59 Å². The van der Waals surface area contributed by atoms with Gasteiger partial charge < -0.3 is 10.8 Å². The van der Waals surface area contributed by atoms with Crippen molar-refractivity contribution in [3.8, 4) is 11.3 Å². The van der Waals surface area contributed by atoms with Crippen LogP contribution in [0.2, 0.25) is 0 Å². The van der Waals surface area contributed by atoms with Crippen molar-refractivity contribution in [2.24, 2.45) is 11.7 Å². The third-order valence-electron chi connectivity index (χ3n) is 5.83. The van der Waals surface area contributed by atoms with Crippen molar-refractivity contribution in [3.05, 3.63) is 46.9 Å². The van der Waals surface area contributed by atoms with Gasteiger partial charge in [0.1, 0.15) is 5.69 Å². The van der Waals surface area contributed by atoms with Gasteiger partial charge in [-0.2, -0.15) is 0 Å². The first-order valence-electron chi connectivity index (χ1n) is 10.0. The number of nitrogens with zero attached hydrogens (tertiary/aromatic N) is 2. The summed E-state index contributed by atoms with van der Waals surface area (Å²) < 4.78 is 0. The molecule has 2 aromatic rings. The van der Waals surface area contributed by atoms with Crippen molar-refractivity contribution in [1.82, 2.24) is 9.97 Å². The molecule has 1 aromatic heterocycles. The third kappa shape index (κ3) is 5.40. The van der Waals surface area contributed by atoms with Gasteiger partial charge in [-0.25, -0.2) is 4.98 Å². The number of primary amides is 1. The van der Waals surface area contributed by atoms with Crippen LogP contribution in [-0.4, -0.2) is 27.0 Å². The van der Waals surface area contributed by atoms with E-state index in [0.717, 1.165) is 30.5 Å². The molecule has 1 heterocycles. The SMILES string of the molecule is CCC(C)(CCC(C)CC(=O)O)c1ccc(-c2nc(C(N)=O)c(C)nc2C)cc1. The van der Waals surface area contributed by atoms with Crippen molar-refractivity contribution in [2.75, 3.05) is 0 Å². The number of aromatic nitrogens is 2. The number of carboxylic acid groups (broad SMARTS) is 1. The van der Waals surface area contributed by atoms with Crippen LogP contribution >= 0.6 is 0 Å². The molecule has 29 heavy (non-hydrogen) atoms. The first kappa shape index (κ1) is 22.5. The molecule has 1 aromatic carbocycles. The average molecular weight is 398 g/mol. The maximum Gasteiger partial charge on any atom is 0.303 e. The fourth-order valence-electron chi connectivity index (χ4n) is 3.66. The van der Waals surface area contributed by atoms with Crippen molar-refractivity contribution in [3.63, 3.8) is 0 Å². The van der Waals surface area contributed by atoms with Gasteiger partial charge in [0, 0.05) is 12.0 Å². The summed E-state index contributed by atoms with van der Waals surface area (Å²) in [4.78, 5) is 31.4. The van der Waals surface area contributed by atoms with E-state index in [1.807, 2.05) is 26.0 Å². The van der Waals surface area contributed by atoms with E-state index >= 15 is 0 Å². The fourth-order valence-corrected chi connectivity index (χ4v) is 3.66. The van der Waals surface area contributed by atoms with E-state index < -0.39 is 11.9 Å². The summed E-state index contributed by atoms with van der Waals surface area (Å²) in [5.41, 5.74) is 9.62. The molecule has 2 rings (SSSR count). The van der Waals surface area contributed by atoms with Crippen molar-refractivity contribution in [1.29, 1.82) is 0 Å². The number of nitrogens with two attached hydrogens (primary N) is 1. The second-order valence-electron chi connectivity index (χ2n) is 8.19. The summed E-state index contributed by atoms with van der Waals surface area (Å²) >= 11 is 0. The predicted octanol–water partition coefficient (Wildman–Crippen LogP) is 4.42. The molecule has 3 N–H and O–H groups in total. The number of aryl methyl sites for hydroxylation is 2. The summed E-state index contributed by atoms with van der Waals surface area (Å²) in [6, 6.07) is 8.18. The third-order valence-corrected chi connectivity index (χ3v) is 5.83. The normalized spacial score (nSPS) is 14.2. The van der Waals surface area contributed by atoms with Crippen molar-refractivity contribution < 1.29 is 14.7 Å². The Morgan fingerprint density at radius 2 is 1.76 bits per heavy atom. The lowest BCUT2D eigenvalue weighted by atomic mass is 9.74. The molecule has 0 bridgehead atoms. The Morgan fingerprint density at radius 3 is 2.28 bits per heavy atom. The van der Waals surface area contributed by atoms with Gasteiger partial charge in [0.2, 0.25) is 0 Å².